The number of para-hydroxylation sites is 1. The molecule has 3 amide bonds. The van der Waals surface area contributed by atoms with Crippen LogP contribution in [0, 0.1) is 13.8 Å². The zero-order chi connectivity index (χ0) is 24.0. The van der Waals surface area contributed by atoms with Gasteiger partial charge in [0, 0.05) is 11.3 Å². The van der Waals surface area contributed by atoms with Gasteiger partial charge in [0.2, 0.25) is 5.91 Å². The van der Waals surface area contributed by atoms with E-state index in [1.54, 1.807) is 37.3 Å². The molecule has 0 bridgehead atoms. The molecular formula is C24H24N2O6S. The van der Waals surface area contributed by atoms with Crippen LogP contribution in [0.1, 0.15) is 23.6 Å². The molecule has 0 saturated carbocycles. The highest BCUT2D eigenvalue weighted by atomic mass is 32.2. The minimum absolute atomic E-state index is 0.158. The van der Waals surface area contributed by atoms with Crippen LogP contribution < -0.4 is 10.1 Å². The predicted octanol–water partition coefficient (Wildman–Crippen LogP) is 3.92. The summed E-state index contributed by atoms with van der Waals surface area (Å²) in [5, 5.41) is 2.18. The summed E-state index contributed by atoms with van der Waals surface area (Å²) in [5.74, 6) is -1.19. The van der Waals surface area contributed by atoms with Crippen molar-refractivity contribution in [1.29, 1.82) is 0 Å². The number of carbonyl (C=O) groups is 4. The first kappa shape index (κ1) is 24.1. The van der Waals surface area contributed by atoms with E-state index in [2.05, 4.69) is 5.32 Å². The Morgan fingerprint density at radius 3 is 2.58 bits per heavy atom. The molecule has 1 aliphatic rings. The molecule has 1 aliphatic heterocycles. The van der Waals surface area contributed by atoms with E-state index in [9.17, 15) is 19.2 Å². The highest BCUT2D eigenvalue weighted by Crippen LogP contribution is 2.34. The third kappa shape index (κ3) is 6.23. The average molecular weight is 469 g/mol. The number of nitrogens with one attached hydrogen (secondary N) is 1. The van der Waals surface area contributed by atoms with E-state index in [4.69, 9.17) is 9.47 Å². The monoisotopic (exact) mass is 468 g/mol. The van der Waals surface area contributed by atoms with Crippen LogP contribution in [0.2, 0.25) is 0 Å². The van der Waals surface area contributed by atoms with E-state index in [1.807, 2.05) is 26.0 Å². The zero-order valence-corrected chi connectivity index (χ0v) is 19.4. The lowest BCUT2D eigenvalue weighted by atomic mass is 10.1. The van der Waals surface area contributed by atoms with Crippen molar-refractivity contribution < 1.29 is 28.7 Å². The molecule has 1 saturated heterocycles. The minimum atomic E-state index is -0.569. The second kappa shape index (κ2) is 10.8. The van der Waals surface area contributed by atoms with Crippen LogP contribution in [-0.4, -0.2) is 47.7 Å². The fourth-order valence-corrected chi connectivity index (χ4v) is 3.84. The highest BCUT2D eigenvalue weighted by molar-refractivity contribution is 8.18. The van der Waals surface area contributed by atoms with Crippen molar-refractivity contribution in [2.75, 3.05) is 25.1 Å². The van der Waals surface area contributed by atoms with Gasteiger partial charge in [0.15, 0.2) is 6.61 Å². The van der Waals surface area contributed by atoms with Gasteiger partial charge in [0.05, 0.1) is 11.5 Å². The van der Waals surface area contributed by atoms with Gasteiger partial charge in [0.25, 0.3) is 11.1 Å². The van der Waals surface area contributed by atoms with Crippen LogP contribution in [0.25, 0.3) is 6.08 Å². The number of ether oxygens (including phenoxy) is 2. The zero-order valence-electron chi connectivity index (χ0n) is 18.5. The van der Waals surface area contributed by atoms with Gasteiger partial charge in [-0.15, -0.1) is 0 Å². The van der Waals surface area contributed by atoms with Gasteiger partial charge in [0.1, 0.15) is 12.3 Å². The molecule has 0 unspecified atom stereocenters. The SMILES string of the molecule is CCOC(=O)COc1ccccc1/C=C1/SC(=O)N(CC(=O)Nc2ccc(C)c(C)c2)C1=O. The third-order valence-electron chi connectivity index (χ3n) is 4.82. The lowest BCUT2D eigenvalue weighted by molar-refractivity contribution is -0.145. The molecule has 8 nitrogen and oxygen atoms in total. The quantitative estimate of drug-likeness (QED) is 0.463. The Bertz CT molecular complexity index is 1130. The van der Waals surface area contributed by atoms with Gasteiger partial charge < -0.3 is 14.8 Å². The predicted molar refractivity (Wildman–Crippen MR) is 126 cm³/mol. The maximum Gasteiger partial charge on any atom is 0.344 e. The number of hydrogen-bond donors (Lipinski definition) is 1. The fourth-order valence-electron chi connectivity index (χ4n) is 3.01. The number of carbonyl (C=O) groups excluding carboxylic acids is 4. The molecule has 0 aliphatic carbocycles. The molecule has 0 aromatic heterocycles. The molecule has 1 fully saturated rings. The van der Waals surface area contributed by atoms with E-state index in [-0.39, 0.29) is 18.1 Å². The average Bonchev–Trinajstić information content (AvgIpc) is 3.03. The Hall–Kier alpha value is -3.59. The van der Waals surface area contributed by atoms with E-state index in [0.29, 0.717) is 17.0 Å². The largest absolute Gasteiger partial charge is 0.481 e. The van der Waals surface area contributed by atoms with E-state index >= 15 is 0 Å². The number of amides is 3. The van der Waals surface area contributed by atoms with Crippen LogP contribution in [0.5, 0.6) is 5.75 Å². The number of aryl methyl sites for hydroxylation is 2. The summed E-state index contributed by atoms with van der Waals surface area (Å²) in [4.78, 5) is 50.2. The van der Waals surface area contributed by atoms with Crippen molar-refractivity contribution in [2.24, 2.45) is 0 Å². The summed E-state index contributed by atoms with van der Waals surface area (Å²) in [6.07, 6.45) is 1.51. The second-order valence-corrected chi connectivity index (χ2v) is 8.24. The van der Waals surface area contributed by atoms with E-state index < -0.39 is 29.6 Å². The molecule has 2 aromatic carbocycles. The van der Waals surface area contributed by atoms with Crippen LogP contribution in [-0.2, 0) is 19.1 Å². The molecule has 0 radical (unpaired) electrons. The highest BCUT2D eigenvalue weighted by Gasteiger charge is 2.36. The van der Waals surface area contributed by atoms with Crippen LogP contribution in [0.4, 0.5) is 10.5 Å². The van der Waals surface area contributed by atoms with Gasteiger partial charge in [-0.25, -0.2) is 4.79 Å². The summed E-state index contributed by atoms with van der Waals surface area (Å²) < 4.78 is 10.3. The maximum absolute atomic E-state index is 12.8. The second-order valence-electron chi connectivity index (χ2n) is 7.25. The van der Waals surface area contributed by atoms with Crippen LogP contribution >= 0.6 is 11.8 Å². The Balaban J connectivity index is 1.69. The summed E-state index contributed by atoms with van der Waals surface area (Å²) >= 11 is 0.742. The molecule has 2 aromatic rings. The maximum atomic E-state index is 12.8. The summed E-state index contributed by atoms with van der Waals surface area (Å²) in [7, 11) is 0. The standard InChI is InChI=1S/C24H24N2O6S/c1-4-31-22(28)14-32-19-8-6-5-7-17(19)12-20-23(29)26(24(30)33-20)13-21(27)25-18-10-9-15(2)16(3)11-18/h5-12H,4,13-14H2,1-3H3,(H,25,27)/b20-12+. The van der Waals surface area contributed by atoms with Gasteiger partial charge in [-0.05, 0) is 67.9 Å². The van der Waals surface area contributed by atoms with Crippen molar-refractivity contribution in [1.82, 2.24) is 4.90 Å². The van der Waals surface area contributed by atoms with Crippen molar-refractivity contribution in [3.63, 3.8) is 0 Å². The molecule has 0 spiro atoms. The first-order valence-electron chi connectivity index (χ1n) is 10.3. The number of hydrogen-bond acceptors (Lipinski definition) is 7. The van der Waals surface area contributed by atoms with Crippen LogP contribution in [0.15, 0.2) is 47.4 Å². The van der Waals surface area contributed by atoms with Gasteiger partial charge in [-0.2, -0.15) is 0 Å². The number of nitrogens with zero attached hydrogens (tertiary/aromatic N) is 1. The Kier molecular flexibility index (Phi) is 7.89. The van der Waals surface area contributed by atoms with Crippen LogP contribution in [0.3, 0.4) is 0 Å². The smallest absolute Gasteiger partial charge is 0.344 e. The molecule has 3 rings (SSSR count). The number of esters is 1. The number of rotatable bonds is 8. The van der Waals surface area contributed by atoms with Crippen molar-refractivity contribution in [2.45, 2.75) is 20.8 Å². The lowest BCUT2D eigenvalue weighted by Crippen LogP contribution is -2.36. The van der Waals surface area contributed by atoms with Crippen molar-refractivity contribution in [3.05, 3.63) is 64.1 Å². The summed E-state index contributed by atoms with van der Waals surface area (Å²) in [5.41, 5.74) is 3.23. The number of imide groups is 1. The normalized spacial score (nSPS) is 14.5. The Labute approximate surface area is 195 Å². The molecule has 0 atom stereocenters. The number of benzene rings is 2. The Morgan fingerprint density at radius 1 is 1.09 bits per heavy atom. The molecule has 172 valence electrons. The van der Waals surface area contributed by atoms with E-state index in [1.165, 1.54) is 6.08 Å². The molecule has 33 heavy (non-hydrogen) atoms. The first-order chi connectivity index (χ1) is 15.8. The van der Waals surface area contributed by atoms with Gasteiger partial charge in [-0.3, -0.25) is 19.3 Å². The van der Waals surface area contributed by atoms with Crippen molar-refractivity contribution in [3.8, 4) is 5.75 Å². The molecule has 9 heteroatoms. The number of anilines is 1. The lowest BCUT2D eigenvalue weighted by Gasteiger charge is -2.13. The fraction of sp³-hybridized carbons (Fsp3) is 0.250. The topological polar surface area (TPSA) is 102 Å². The number of thioether (sulfide) groups is 1. The molecule has 1 heterocycles. The van der Waals surface area contributed by atoms with Gasteiger partial charge >= 0.3 is 5.97 Å². The first-order valence-corrected chi connectivity index (χ1v) is 11.1. The van der Waals surface area contributed by atoms with E-state index in [0.717, 1.165) is 27.8 Å². The minimum Gasteiger partial charge on any atom is -0.481 e. The third-order valence-corrected chi connectivity index (χ3v) is 5.73. The summed E-state index contributed by atoms with van der Waals surface area (Å²) in [6, 6.07) is 12.3. The molecule has 1 N–H and O–H groups in total. The Morgan fingerprint density at radius 2 is 1.85 bits per heavy atom. The van der Waals surface area contributed by atoms with Crippen molar-refractivity contribution >= 4 is 46.5 Å². The summed E-state index contributed by atoms with van der Waals surface area (Å²) in [6.45, 7) is 5.17. The molecular weight excluding hydrogens is 444 g/mol. The van der Waals surface area contributed by atoms with Gasteiger partial charge in [-0.1, -0.05) is 24.3 Å².